The molecule has 0 unspecified atom stereocenters. The number of carbonyl (C=O) groups is 2. The molecule has 1 aliphatic carbocycles. The number of amides is 2. The van der Waals surface area contributed by atoms with Gasteiger partial charge in [0.1, 0.15) is 12.6 Å². The molecule has 1 fully saturated rings. The van der Waals surface area contributed by atoms with Crippen molar-refractivity contribution in [3.8, 4) is 0 Å². The first-order chi connectivity index (χ1) is 20.5. The summed E-state index contributed by atoms with van der Waals surface area (Å²) in [5, 5.41) is 3.15. The number of hydrogen-bond donors (Lipinski definition) is 1. The number of hydrogen-bond acceptors (Lipinski definition) is 4. The van der Waals surface area contributed by atoms with Crippen LogP contribution in [0.25, 0.3) is 0 Å². The zero-order valence-electron chi connectivity index (χ0n) is 26.0. The second-order valence-corrected chi connectivity index (χ2v) is 14.0. The van der Waals surface area contributed by atoms with Crippen molar-refractivity contribution in [2.75, 3.05) is 10.8 Å². The molecule has 3 aromatic carbocycles. The lowest BCUT2D eigenvalue weighted by atomic mass is 9.95. The molecule has 3 aromatic rings. The molecule has 0 bridgehead atoms. The summed E-state index contributed by atoms with van der Waals surface area (Å²) in [5.41, 5.74) is 4.35. The summed E-state index contributed by atoms with van der Waals surface area (Å²) in [6, 6.07) is 21.0. The second-order valence-electron chi connectivity index (χ2n) is 12.1. The number of sulfonamides is 1. The van der Waals surface area contributed by atoms with Crippen molar-refractivity contribution >= 4 is 27.5 Å². The minimum absolute atomic E-state index is 0.0953. The summed E-state index contributed by atoms with van der Waals surface area (Å²) in [6.45, 7) is 9.49. The highest BCUT2D eigenvalue weighted by Gasteiger charge is 2.33. The largest absolute Gasteiger partial charge is 0.352 e. The summed E-state index contributed by atoms with van der Waals surface area (Å²) < 4.78 is 29.3. The van der Waals surface area contributed by atoms with Gasteiger partial charge in [0.05, 0.1) is 10.6 Å². The standard InChI is InChI=1S/C35H45N3O4S/c1-25(2)30-17-19-32(20-18-30)38(43(41,42)33-21-13-27(4)14-22-33)24-34(39)37(23-29-15-11-26(3)12-16-29)28(5)35(40)36-31-9-7-6-8-10-31/h11-22,25,28,31H,6-10,23-24H2,1-5H3,(H,36,40)/t28-/m1/s1. The monoisotopic (exact) mass is 603 g/mol. The van der Waals surface area contributed by atoms with E-state index in [1.807, 2.05) is 50.2 Å². The number of carbonyl (C=O) groups excluding carboxylic acids is 2. The van der Waals surface area contributed by atoms with E-state index in [2.05, 4.69) is 19.2 Å². The van der Waals surface area contributed by atoms with Crippen LogP contribution in [-0.4, -0.2) is 43.8 Å². The van der Waals surface area contributed by atoms with Gasteiger partial charge in [0.25, 0.3) is 10.0 Å². The lowest BCUT2D eigenvalue weighted by Gasteiger charge is -2.33. The Morgan fingerprint density at radius 2 is 1.37 bits per heavy atom. The van der Waals surface area contributed by atoms with Gasteiger partial charge >= 0.3 is 0 Å². The minimum Gasteiger partial charge on any atom is -0.352 e. The van der Waals surface area contributed by atoms with Gasteiger partial charge in [-0.3, -0.25) is 13.9 Å². The summed E-state index contributed by atoms with van der Waals surface area (Å²) in [5.74, 6) is -0.400. The van der Waals surface area contributed by atoms with Crippen LogP contribution in [-0.2, 0) is 26.2 Å². The van der Waals surface area contributed by atoms with E-state index in [1.54, 1.807) is 43.3 Å². The van der Waals surface area contributed by atoms with Gasteiger partial charge in [-0.15, -0.1) is 0 Å². The third-order valence-electron chi connectivity index (χ3n) is 8.33. The average Bonchev–Trinajstić information content (AvgIpc) is 2.99. The molecule has 0 spiro atoms. The van der Waals surface area contributed by atoms with Gasteiger partial charge in [-0.05, 0) is 74.9 Å². The zero-order chi connectivity index (χ0) is 31.1. The molecular weight excluding hydrogens is 558 g/mol. The van der Waals surface area contributed by atoms with Crippen molar-refractivity contribution in [2.45, 2.75) is 96.2 Å². The predicted molar refractivity (Wildman–Crippen MR) is 172 cm³/mol. The molecule has 1 N–H and O–H groups in total. The summed E-state index contributed by atoms with van der Waals surface area (Å²) in [6.07, 6.45) is 5.18. The number of nitrogens with zero attached hydrogens (tertiary/aromatic N) is 2. The highest BCUT2D eigenvalue weighted by Crippen LogP contribution is 2.27. The van der Waals surface area contributed by atoms with Crippen LogP contribution in [0.4, 0.5) is 5.69 Å². The van der Waals surface area contributed by atoms with Crippen LogP contribution in [0.2, 0.25) is 0 Å². The number of nitrogens with one attached hydrogen (secondary N) is 1. The molecule has 1 aliphatic rings. The van der Waals surface area contributed by atoms with E-state index < -0.39 is 28.5 Å². The highest BCUT2D eigenvalue weighted by atomic mass is 32.2. The van der Waals surface area contributed by atoms with Gasteiger partial charge in [0.2, 0.25) is 11.8 Å². The van der Waals surface area contributed by atoms with Crippen LogP contribution in [0.5, 0.6) is 0 Å². The maximum Gasteiger partial charge on any atom is 0.264 e. The molecular formula is C35H45N3O4S. The maximum absolute atomic E-state index is 14.2. The molecule has 0 aromatic heterocycles. The molecule has 0 radical (unpaired) electrons. The van der Waals surface area contributed by atoms with Gasteiger partial charge in [-0.1, -0.05) is 92.8 Å². The van der Waals surface area contributed by atoms with E-state index in [4.69, 9.17) is 0 Å². The van der Waals surface area contributed by atoms with Crippen LogP contribution in [0, 0.1) is 13.8 Å². The molecule has 2 amide bonds. The van der Waals surface area contributed by atoms with E-state index in [0.717, 1.165) is 52.2 Å². The normalized spacial score (nSPS) is 14.7. The number of benzene rings is 3. The first-order valence-electron chi connectivity index (χ1n) is 15.3. The van der Waals surface area contributed by atoms with E-state index in [0.29, 0.717) is 5.69 Å². The SMILES string of the molecule is Cc1ccc(CN(C(=O)CN(c2ccc(C(C)C)cc2)S(=O)(=O)c2ccc(C)cc2)[C@H](C)C(=O)NC2CCCCC2)cc1. The number of aryl methyl sites for hydroxylation is 2. The Kier molecular flexibility index (Phi) is 10.7. The molecule has 43 heavy (non-hydrogen) atoms. The van der Waals surface area contributed by atoms with Crippen LogP contribution in [0.1, 0.15) is 81.0 Å². The van der Waals surface area contributed by atoms with Gasteiger partial charge in [0.15, 0.2) is 0 Å². The Morgan fingerprint density at radius 3 is 1.93 bits per heavy atom. The van der Waals surface area contributed by atoms with Crippen LogP contribution in [0.15, 0.2) is 77.7 Å². The Morgan fingerprint density at radius 1 is 0.814 bits per heavy atom. The lowest BCUT2D eigenvalue weighted by molar-refractivity contribution is -0.139. The molecule has 8 heteroatoms. The Balaban J connectivity index is 1.68. The lowest BCUT2D eigenvalue weighted by Crippen LogP contribution is -2.53. The predicted octanol–water partition coefficient (Wildman–Crippen LogP) is 6.49. The smallest absolute Gasteiger partial charge is 0.264 e. The summed E-state index contributed by atoms with van der Waals surface area (Å²) in [4.78, 5) is 29.3. The molecule has 1 saturated carbocycles. The van der Waals surface area contributed by atoms with E-state index in [9.17, 15) is 18.0 Å². The van der Waals surface area contributed by atoms with E-state index in [-0.39, 0.29) is 29.3 Å². The fourth-order valence-electron chi connectivity index (χ4n) is 5.43. The third-order valence-corrected chi connectivity index (χ3v) is 10.1. The molecule has 0 aliphatic heterocycles. The number of anilines is 1. The Bertz CT molecular complexity index is 1480. The fourth-order valence-corrected chi connectivity index (χ4v) is 6.85. The summed E-state index contributed by atoms with van der Waals surface area (Å²) >= 11 is 0. The second kappa shape index (κ2) is 14.2. The van der Waals surface area contributed by atoms with Crippen molar-refractivity contribution in [2.24, 2.45) is 0 Å². The molecule has 0 heterocycles. The molecule has 0 saturated heterocycles. The quantitative estimate of drug-likeness (QED) is 0.272. The van der Waals surface area contributed by atoms with E-state index >= 15 is 0 Å². The first-order valence-corrected chi connectivity index (χ1v) is 16.7. The Labute approximate surface area is 257 Å². The van der Waals surface area contributed by atoms with Crippen molar-refractivity contribution in [1.29, 1.82) is 0 Å². The van der Waals surface area contributed by atoms with Crippen LogP contribution < -0.4 is 9.62 Å². The topological polar surface area (TPSA) is 86.8 Å². The number of rotatable bonds is 11. The Hall–Kier alpha value is -3.65. The van der Waals surface area contributed by atoms with Gasteiger partial charge in [-0.25, -0.2) is 8.42 Å². The molecule has 7 nitrogen and oxygen atoms in total. The van der Waals surface area contributed by atoms with Gasteiger partial charge in [-0.2, -0.15) is 0 Å². The van der Waals surface area contributed by atoms with Crippen molar-refractivity contribution < 1.29 is 18.0 Å². The van der Waals surface area contributed by atoms with Gasteiger partial charge < -0.3 is 10.2 Å². The van der Waals surface area contributed by atoms with Crippen molar-refractivity contribution in [3.63, 3.8) is 0 Å². The molecule has 1 atom stereocenters. The van der Waals surface area contributed by atoms with Crippen LogP contribution in [0.3, 0.4) is 0 Å². The molecule has 4 rings (SSSR count). The highest BCUT2D eigenvalue weighted by molar-refractivity contribution is 7.92. The van der Waals surface area contributed by atoms with E-state index in [1.165, 1.54) is 11.3 Å². The minimum atomic E-state index is -4.09. The average molecular weight is 604 g/mol. The fraction of sp³-hybridized carbons (Fsp3) is 0.429. The zero-order valence-corrected chi connectivity index (χ0v) is 26.9. The summed E-state index contributed by atoms with van der Waals surface area (Å²) in [7, 11) is -4.09. The van der Waals surface area contributed by atoms with Crippen molar-refractivity contribution in [3.05, 3.63) is 95.1 Å². The van der Waals surface area contributed by atoms with Crippen LogP contribution >= 0.6 is 0 Å². The molecule has 230 valence electrons. The van der Waals surface area contributed by atoms with Gasteiger partial charge in [0, 0.05) is 12.6 Å². The third kappa shape index (κ3) is 8.25. The van der Waals surface area contributed by atoms with Crippen molar-refractivity contribution in [1.82, 2.24) is 10.2 Å². The first kappa shape index (κ1) is 32.3. The maximum atomic E-state index is 14.2.